The molecular formula is C11H8BrF5O2. The van der Waals surface area contributed by atoms with Gasteiger partial charge in [0.25, 0.3) is 6.43 Å². The molecule has 1 aromatic carbocycles. The van der Waals surface area contributed by atoms with Gasteiger partial charge < -0.3 is 4.74 Å². The van der Waals surface area contributed by atoms with Crippen molar-refractivity contribution in [1.82, 2.24) is 0 Å². The largest absolute Gasteiger partial charge is 0.573 e. The number of halogens is 6. The number of rotatable bonds is 5. The molecule has 0 radical (unpaired) electrons. The Hall–Kier alpha value is -1.18. The van der Waals surface area contributed by atoms with Gasteiger partial charge in [0.05, 0.1) is 0 Å². The van der Waals surface area contributed by atoms with E-state index in [9.17, 15) is 26.7 Å². The Morgan fingerprint density at radius 3 is 2.37 bits per heavy atom. The van der Waals surface area contributed by atoms with E-state index in [0.717, 1.165) is 12.1 Å². The van der Waals surface area contributed by atoms with Gasteiger partial charge >= 0.3 is 6.36 Å². The quantitative estimate of drug-likeness (QED) is 0.446. The van der Waals surface area contributed by atoms with Crippen LogP contribution in [0.3, 0.4) is 0 Å². The summed E-state index contributed by atoms with van der Waals surface area (Å²) in [6.45, 7) is 0. The second kappa shape index (κ2) is 6.31. The standard InChI is InChI=1S/C11H8BrF5O2/c12-2-1-9(18)6-3-7(10(13)14)5-8(4-6)19-11(15,16)17/h3-5,10H,1-2H2. The molecular weight excluding hydrogens is 339 g/mol. The number of benzene rings is 1. The lowest BCUT2D eigenvalue weighted by Gasteiger charge is -2.12. The number of alkyl halides is 6. The maximum absolute atomic E-state index is 12.6. The maximum Gasteiger partial charge on any atom is 0.573 e. The van der Waals surface area contributed by atoms with E-state index in [0.29, 0.717) is 6.07 Å². The van der Waals surface area contributed by atoms with Gasteiger partial charge in [-0.25, -0.2) is 8.78 Å². The molecule has 0 saturated carbocycles. The third kappa shape index (κ3) is 5.14. The molecule has 106 valence electrons. The van der Waals surface area contributed by atoms with Crippen LogP contribution >= 0.6 is 15.9 Å². The summed E-state index contributed by atoms with van der Waals surface area (Å²) in [4.78, 5) is 11.5. The first-order chi connectivity index (χ1) is 8.73. The monoisotopic (exact) mass is 346 g/mol. The van der Waals surface area contributed by atoms with Crippen LogP contribution in [0.25, 0.3) is 0 Å². The maximum atomic E-state index is 12.6. The molecule has 19 heavy (non-hydrogen) atoms. The summed E-state index contributed by atoms with van der Waals surface area (Å²) < 4.78 is 64.8. The Morgan fingerprint density at radius 1 is 1.26 bits per heavy atom. The average molecular weight is 347 g/mol. The molecule has 1 aromatic rings. The third-order valence-corrected chi connectivity index (χ3v) is 2.45. The van der Waals surface area contributed by atoms with Gasteiger partial charge in [-0.15, -0.1) is 13.2 Å². The molecule has 0 saturated heterocycles. The lowest BCUT2D eigenvalue weighted by Crippen LogP contribution is -2.17. The molecule has 0 fully saturated rings. The highest BCUT2D eigenvalue weighted by Gasteiger charge is 2.31. The first kappa shape index (κ1) is 15.9. The van der Waals surface area contributed by atoms with E-state index in [-0.39, 0.29) is 17.3 Å². The van der Waals surface area contributed by atoms with Crippen molar-refractivity contribution in [1.29, 1.82) is 0 Å². The number of carbonyl (C=O) groups is 1. The van der Waals surface area contributed by atoms with Crippen LogP contribution in [-0.2, 0) is 0 Å². The fourth-order valence-corrected chi connectivity index (χ4v) is 1.69. The van der Waals surface area contributed by atoms with Gasteiger partial charge in [-0.2, -0.15) is 0 Å². The second-order valence-corrected chi connectivity index (χ2v) is 4.29. The zero-order valence-corrected chi connectivity index (χ0v) is 10.9. The number of Topliss-reactive ketones (excluding diaryl/α,β-unsaturated/α-hetero) is 1. The van der Waals surface area contributed by atoms with E-state index < -0.39 is 29.9 Å². The zero-order valence-electron chi connectivity index (χ0n) is 9.31. The molecule has 0 aliphatic carbocycles. The molecule has 0 aromatic heterocycles. The van der Waals surface area contributed by atoms with E-state index in [1.54, 1.807) is 0 Å². The van der Waals surface area contributed by atoms with Gasteiger partial charge in [-0.3, -0.25) is 4.79 Å². The molecule has 0 N–H and O–H groups in total. The van der Waals surface area contributed by atoms with E-state index in [2.05, 4.69) is 20.7 Å². The van der Waals surface area contributed by atoms with Crippen LogP contribution in [0.2, 0.25) is 0 Å². The van der Waals surface area contributed by atoms with E-state index in [1.807, 2.05) is 0 Å². The number of ketones is 1. The van der Waals surface area contributed by atoms with E-state index in [4.69, 9.17) is 0 Å². The van der Waals surface area contributed by atoms with E-state index >= 15 is 0 Å². The van der Waals surface area contributed by atoms with Gasteiger partial charge in [0.2, 0.25) is 0 Å². The molecule has 0 unspecified atom stereocenters. The molecule has 0 aliphatic rings. The summed E-state index contributed by atoms with van der Waals surface area (Å²) in [7, 11) is 0. The molecule has 0 heterocycles. The third-order valence-electron chi connectivity index (χ3n) is 2.06. The molecule has 0 bridgehead atoms. The molecule has 1 rings (SSSR count). The summed E-state index contributed by atoms with van der Waals surface area (Å²) in [5.74, 6) is -1.38. The van der Waals surface area contributed by atoms with Crippen LogP contribution in [0.1, 0.15) is 28.8 Å². The average Bonchev–Trinajstić information content (AvgIpc) is 2.26. The molecule has 0 amide bonds. The van der Waals surface area contributed by atoms with Crippen molar-refractivity contribution in [3.05, 3.63) is 29.3 Å². The van der Waals surface area contributed by atoms with Gasteiger partial charge in [0, 0.05) is 22.9 Å². The Morgan fingerprint density at radius 2 is 1.89 bits per heavy atom. The number of hydrogen-bond acceptors (Lipinski definition) is 2. The number of ether oxygens (including phenoxy) is 1. The van der Waals surface area contributed by atoms with Crippen molar-refractivity contribution >= 4 is 21.7 Å². The molecule has 8 heteroatoms. The van der Waals surface area contributed by atoms with Crippen LogP contribution in [-0.4, -0.2) is 17.5 Å². The van der Waals surface area contributed by atoms with Gasteiger partial charge in [0.1, 0.15) is 5.75 Å². The summed E-state index contributed by atoms with van der Waals surface area (Å²) in [6, 6.07) is 2.21. The lowest BCUT2D eigenvalue weighted by atomic mass is 10.1. The van der Waals surface area contributed by atoms with Gasteiger partial charge in [0.15, 0.2) is 5.78 Å². The van der Waals surface area contributed by atoms with Crippen LogP contribution in [0, 0.1) is 0 Å². The minimum Gasteiger partial charge on any atom is -0.406 e. The summed E-state index contributed by atoms with van der Waals surface area (Å²) in [5.41, 5.74) is -0.934. The smallest absolute Gasteiger partial charge is 0.406 e. The SMILES string of the molecule is O=C(CCBr)c1cc(OC(F)(F)F)cc(C(F)F)c1. The fraction of sp³-hybridized carbons (Fsp3) is 0.364. The Balaban J connectivity index is 3.14. The molecule has 0 atom stereocenters. The molecule has 2 nitrogen and oxygen atoms in total. The van der Waals surface area contributed by atoms with Crippen molar-refractivity contribution in [3.63, 3.8) is 0 Å². The predicted octanol–water partition coefficient (Wildman–Crippen LogP) is 4.49. The van der Waals surface area contributed by atoms with Crippen molar-refractivity contribution in [2.45, 2.75) is 19.2 Å². The highest BCUT2D eigenvalue weighted by molar-refractivity contribution is 9.09. The van der Waals surface area contributed by atoms with Crippen molar-refractivity contribution in [3.8, 4) is 5.75 Å². The lowest BCUT2D eigenvalue weighted by molar-refractivity contribution is -0.274. The fourth-order valence-electron chi connectivity index (χ4n) is 1.33. The first-order valence-corrected chi connectivity index (χ1v) is 6.13. The predicted molar refractivity (Wildman–Crippen MR) is 60.8 cm³/mol. The minimum absolute atomic E-state index is 0.0157. The topological polar surface area (TPSA) is 26.3 Å². The van der Waals surface area contributed by atoms with Crippen molar-refractivity contribution in [2.75, 3.05) is 5.33 Å². The first-order valence-electron chi connectivity index (χ1n) is 5.01. The van der Waals surface area contributed by atoms with E-state index in [1.165, 1.54) is 0 Å². The number of hydrogen-bond donors (Lipinski definition) is 0. The minimum atomic E-state index is -5.00. The van der Waals surface area contributed by atoms with Crippen LogP contribution < -0.4 is 4.74 Å². The highest BCUT2D eigenvalue weighted by atomic mass is 79.9. The summed E-state index contributed by atoms with van der Waals surface area (Å²) >= 11 is 2.98. The Labute approximate surface area is 113 Å². The van der Waals surface area contributed by atoms with Gasteiger partial charge in [-0.1, -0.05) is 15.9 Å². The van der Waals surface area contributed by atoms with Crippen molar-refractivity contribution < 1.29 is 31.5 Å². The molecule has 0 spiro atoms. The van der Waals surface area contributed by atoms with Crippen LogP contribution in [0.15, 0.2) is 18.2 Å². The highest BCUT2D eigenvalue weighted by Crippen LogP contribution is 2.29. The Bertz CT molecular complexity index is 459. The summed E-state index contributed by atoms with van der Waals surface area (Å²) in [6.07, 6.45) is -8.01. The number of carbonyl (C=O) groups excluding carboxylic acids is 1. The van der Waals surface area contributed by atoms with Crippen molar-refractivity contribution in [2.24, 2.45) is 0 Å². The van der Waals surface area contributed by atoms with Crippen LogP contribution in [0.5, 0.6) is 5.75 Å². The van der Waals surface area contributed by atoms with Gasteiger partial charge in [-0.05, 0) is 18.2 Å². The summed E-state index contributed by atoms with van der Waals surface area (Å²) in [5, 5.41) is 0.278. The Kier molecular flexibility index (Phi) is 5.28. The van der Waals surface area contributed by atoms with Crippen LogP contribution in [0.4, 0.5) is 22.0 Å². The second-order valence-electron chi connectivity index (χ2n) is 3.50. The molecule has 0 aliphatic heterocycles. The zero-order chi connectivity index (χ0) is 14.6. The normalized spacial score (nSPS) is 11.7.